The van der Waals surface area contributed by atoms with E-state index in [1.807, 2.05) is 12.1 Å². The average Bonchev–Trinajstić information content (AvgIpc) is 2.33. The molecule has 0 saturated carbocycles. The Morgan fingerprint density at radius 1 is 1.31 bits per heavy atom. The normalized spacial score (nSPS) is 11.1. The third kappa shape index (κ3) is 3.42. The molecule has 0 spiro atoms. The Hall–Kier alpha value is 0.163. The summed E-state index contributed by atoms with van der Waals surface area (Å²) in [5, 5.41) is 4.31. The third-order valence-corrected chi connectivity index (χ3v) is 1.81. The molecule has 1 aromatic carbocycles. The minimum atomic E-state index is 0. The largest absolute Gasteiger partial charge is 2.00 e. The molecule has 13 heavy (non-hydrogen) atoms. The average molecular weight is 381 g/mol. The molecular weight excluding hydrogens is 369 g/mol. The van der Waals surface area contributed by atoms with Crippen LogP contribution in [0.2, 0.25) is 0 Å². The minimum absolute atomic E-state index is 0. The summed E-state index contributed by atoms with van der Waals surface area (Å²) in [4.78, 5) is 0. The fraction of sp³-hybridized carbons (Fsp3) is 0.200. The molecule has 3 heteroatoms. The molecule has 0 atom stereocenters. The number of nitrogens with zero attached hydrogens (tertiary/aromatic N) is 1. The van der Waals surface area contributed by atoms with E-state index in [9.17, 15) is 0 Å². The van der Waals surface area contributed by atoms with Crippen LogP contribution in [0, 0.1) is 14.4 Å². The second kappa shape index (κ2) is 6.59. The molecule has 0 bridgehead atoms. The van der Waals surface area contributed by atoms with Gasteiger partial charge < -0.3 is 12.7 Å². The Morgan fingerprint density at radius 2 is 2.00 bits per heavy atom. The summed E-state index contributed by atoms with van der Waals surface area (Å²) in [7, 11) is 0. The van der Waals surface area contributed by atoms with Gasteiger partial charge in [-0.05, 0) is 0 Å². The summed E-state index contributed by atoms with van der Waals surface area (Å²) in [5.74, 6) is 0. The van der Waals surface area contributed by atoms with Gasteiger partial charge in [0, 0.05) is 18.6 Å². The maximum absolute atomic E-state index is 4.31. The van der Waals surface area contributed by atoms with Gasteiger partial charge in [0.2, 0.25) is 0 Å². The molecule has 1 heterocycles. The molecule has 0 amide bonds. The number of fused-ring (bicyclic) bond motifs is 1. The van der Waals surface area contributed by atoms with Crippen molar-refractivity contribution in [1.29, 1.82) is 0 Å². The molecule has 2 rings (SSSR count). The van der Waals surface area contributed by atoms with Crippen molar-refractivity contribution >= 4 is 5.69 Å². The van der Waals surface area contributed by atoms with Crippen LogP contribution in [-0.4, -0.2) is 6.54 Å². The molecule has 69 valence electrons. The smallest absolute Gasteiger partial charge is 0.686 e. The summed E-state index contributed by atoms with van der Waals surface area (Å²) in [6.07, 6.45) is 1.10. The van der Waals surface area contributed by atoms with Gasteiger partial charge in [-0.1, -0.05) is 6.42 Å². The molecule has 1 aromatic rings. The molecule has 1 aliphatic rings. The summed E-state index contributed by atoms with van der Waals surface area (Å²) in [5.41, 5.74) is 3.61. The van der Waals surface area contributed by atoms with Gasteiger partial charge in [-0.3, -0.25) is 0 Å². The van der Waals surface area contributed by atoms with Gasteiger partial charge in [0.25, 0.3) is 0 Å². The zero-order valence-corrected chi connectivity index (χ0v) is 12.0. The quantitative estimate of drug-likeness (QED) is 0.614. The van der Waals surface area contributed by atoms with E-state index in [0.717, 1.165) is 24.2 Å². The predicted molar refractivity (Wildman–Crippen MR) is 48.9 cm³/mol. The molecule has 0 aliphatic carbocycles. The van der Waals surface area contributed by atoms with E-state index in [0.29, 0.717) is 0 Å². The molecular formula is C10H12NVW-. The van der Waals surface area contributed by atoms with Crippen LogP contribution in [0.25, 0.3) is 5.32 Å². The van der Waals surface area contributed by atoms with Crippen LogP contribution in [0.1, 0.15) is 11.1 Å². The van der Waals surface area contributed by atoms with Crippen LogP contribution in [0.4, 0.5) is 5.69 Å². The van der Waals surface area contributed by atoms with Gasteiger partial charge in [0.15, 0.2) is 0 Å². The van der Waals surface area contributed by atoms with Crippen molar-refractivity contribution in [2.24, 2.45) is 0 Å². The van der Waals surface area contributed by atoms with Gasteiger partial charge >= 0.3 is 21.1 Å². The topological polar surface area (TPSA) is 14.1 Å². The van der Waals surface area contributed by atoms with Crippen LogP contribution in [0.15, 0.2) is 18.2 Å². The molecule has 0 aromatic heterocycles. The first-order valence-electron chi connectivity index (χ1n) is 3.48. The van der Waals surface area contributed by atoms with Gasteiger partial charge in [-0.15, -0.1) is 18.2 Å². The third-order valence-electron chi connectivity index (χ3n) is 1.81. The van der Waals surface area contributed by atoms with E-state index in [4.69, 9.17) is 0 Å². The minimum Gasteiger partial charge on any atom is -0.686 e. The second-order valence-corrected chi connectivity index (χ2v) is 2.59. The first-order valence-corrected chi connectivity index (χ1v) is 3.48. The Balaban J connectivity index is 0. The number of rotatable bonds is 0. The van der Waals surface area contributed by atoms with Crippen molar-refractivity contribution in [2.45, 2.75) is 6.42 Å². The van der Waals surface area contributed by atoms with Crippen LogP contribution in [0.3, 0.4) is 0 Å². The Bertz CT molecular complexity index is 263. The van der Waals surface area contributed by atoms with Crippen molar-refractivity contribution in [3.63, 3.8) is 0 Å². The number of hydrogen-bond donors (Lipinski definition) is 0. The first-order chi connectivity index (χ1) is 4.86. The van der Waals surface area contributed by atoms with E-state index >= 15 is 0 Å². The van der Waals surface area contributed by atoms with Crippen LogP contribution < -0.4 is 0 Å². The summed E-state index contributed by atoms with van der Waals surface area (Å²) < 4.78 is 0. The molecule has 0 unspecified atom stereocenters. The predicted octanol–water partition coefficient (Wildman–Crippen LogP) is 2.88. The maximum atomic E-state index is 4.31. The molecule has 1 nitrogen and oxygen atoms in total. The van der Waals surface area contributed by atoms with Gasteiger partial charge in [-0.2, -0.15) is 30.3 Å². The number of benzene rings is 1. The molecule has 0 fully saturated rings. The van der Waals surface area contributed by atoms with Gasteiger partial charge in [0.1, 0.15) is 0 Å². The van der Waals surface area contributed by atoms with E-state index in [1.54, 1.807) is 0 Å². The van der Waals surface area contributed by atoms with E-state index < -0.39 is 0 Å². The Morgan fingerprint density at radius 3 is 2.69 bits per heavy atom. The molecule has 0 N–H and O–H groups in total. The molecule has 1 radical (unpaired) electrons. The fourth-order valence-electron chi connectivity index (χ4n) is 1.29. The standard InChI is InChI=1S/C9H9N.CH3.V.W/c1-7-2-3-9-8(6-7)4-5-10-9;;;/h2-3,6H,1,4-5H2;1H3;;/q-2;-1;;+2. The number of hydrogen-bond acceptors (Lipinski definition) is 0. The monoisotopic (exact) mass is 381 g/mol. The van der Waals surface area contributed by atoms with Crippen molar-refractivity contribution in [3.05, 3.63) is 49.0 Å². The van der Waals surface area contributed by atoms with Crippen LogP contribution in [0.5, 0.6) is 0 Å². The SMILES string of the molecule is [CH2-]c1ccc2c(c1)CC[N-]2.[CH3-].[V].[W+2]. The summed E-state index contributed by atoms with van der Waals surface area (Å²) >= 11 is 0. The van der Waals surface area contributed by atoms with Crippen molar-refractivity contribution in [3.8, 4) is 0 Å². The van der Waals surface area contributed by atoms with E-state index in [-0.39, 0.29) is 47.0 Å². The zero-order valence-electron chi connectivity index (χ0n) is 7.66. The first kappa shape index (κ1) is 15.6. The molecule has 1 aliphatic heterocycles. The van der Waals surface area contributed by atoms with Crippen molar-refractivity contribution in [1.82, 2.24) is 0 Å². The zero-order chi connectivity index (χ0) is 6.97. The van der Waals surface area contributed by atoms with Crippen LogP contribution in [-0.2, 0) is 46.0 Å². The Labute approximate surface area is 107 Å². The maximum Gasteiger partial charge on any atom is 2.00 e. The van der Waals surface area contributed by atoms with E-state index in [2.05, 4.69) is 18.3 Å². The van der Waals surface area contributed by atoms with Gasteiger partial charge in [-0.25, -0.2) is 0 Å². The van der Waals surface area contributed by atoms with Crippen molar-refractivity contribution in [2.75, 3.05) is 6.54 Å². The van der Waals surface area contributed by atoms with Crippen molar-refractivity contribution < 1.29 is 39.6 Å². The molecule has 0 saturated heterocycles. The Kier molecular flexibility index (Phi) is 7.92. The fourth-order valence-corrected chi connectivity index (χ4v) is 1.29. The second-order valence-electron chi connectivity index (χ2n) is 2.59. The van der Waals surface area contributed by atoms with Crippen LogP contribution >= 0.6 is 0 Å². The summed E-state index contributed by atoms with van der Waals surface area (Å²) in [6, 6.07) is 6.17. The summed E-state index contributed by atoms with van der Waals surface area (Å²) in [6.45, 7) is 4.81. The van der Waals surface area contributed by atoms with E-state index in [1.165, 1.54) is 5.56 Å². The van der Waals surface area contributed by atoms with Gasteiger partial charge in [0.05, 0.1) is 0 Å².